The van der Waals surface area contributed by atoms with Crippen molar-refractivity contribution in [3.8, 4) is 0 Å². The quantitative estimate of drug-likeness (QED) is 0.737. The van der Waals surface area contributed by atoms with E-state index >= 15 is 0 Å². The number of hydrogen-bond acceptors (Lipinski definition) is 1. The van der Waals surface area contributed by atoms with E-state index in [2.05, 4.69) is 0 Å². The van der Waals surface area contributed by atoms with Crippen molar-refractivity contribution in [2.45, 2.75) is 9.71 Å². The lowest BCUT2D eigenvalue weighted by Crippen LogP contribution is -2.29. The van der Waals surface area contributed by atoms with Crippen molar-refractivity contribution in [2.75, 3.05) is 0 Å². The van der Waals surface area contributed by atoms with Crippen LogP contribution in [0.5, 0.6) is 0 Å². The summed E-state index contributed by atoms with van der Waals surface area (Å²) in [5, 5.41) is 7.67. The fourth-order valence-electron chi connectivity index (χ4n) is 0.837. The summed E-state index contributed by atoms with van der Waals surface area (Å²) in [6, 6.07) is 0. The van der Waals surface area contributed by atoms with E-state index in [1.54, 1.807) is 0 Å². The second kappa shape index (κ2) is 3.70. The Morgan fingerprint density at radius 1 is 1.54 bits per heavy atom. The van der Waals surface area contributed by atoms with Crippen LogP contribution in [0.15, 0.2) is 22.8 Å². The molecule has 13 heavy (non-hydrogen) atoms. The van der Waals surface area contributed by atoms with Gasteiger partial charge in [0.2, 0.25) is 0 Å². The van der Waals surface area contributed by atoms with Gasteiger partial charge in [0.05, 0.1) is 10.6 Å². The minimum absolute atomic E-state index is 0.0540. The number of hydrogen-bond donors (Lipinski definition) is 1. The molecule has 0 spiro atoms. The van der Waals surface area contributed by atoms with E-state index < -0.39 is 15.7 Å². The van der Waals surface area contributed by atoms with E-state index in [-0.39, 0.29) is 10.6 Å². The molecular weight excluding hydrogens is 258 g/mol. The van der Waals surface area contributed by atoms with Gasteiger partial charge in [-0.15, -0.1) is 11.6 Å². The molecule has 0 aromatic carbocycles. The third-order valence-corrected chi connectivity index (χ3v) is 3.53. The normalized spacial score (nSPS) is 26.3. The number of aliphatic carboxylic acids is 1. The zero-order chi connectivity index (χ0) is 10.2. The van der Waals surface area contributed by atoms with E-state index in [0.717, 1.165) is 0 Å². The van der Waals surface area contributed by atoms with Gasteiger partial charge in [-0.05, 0) is 12.2 Å². The SMILES string of the molecule is O=C(O)C1=C(Cl)C(Cl)C(Cl)(Cl)C=C1. The Morgan fingerprint density at radius 2 is 2.08 bits per heavy atom. The highest BCUT2D eigenvalue weighted by Crippen LogP contribution is 2.41. The molecule has 0 aliphatic heterocycles. The van der Waals surface area contributed by atoms with Crippen LogP contribution in [0.2, 0.25) is 0 Å². The van der Waals surface area contributed by atoms with Gasteiger partial charge in [0, 0.05) is 0 Å². The molecular formula is C7H4Cl4O2. The molecule has 0 bridgehead atoms. The summed E-state index contributed by atoms with van der Waals surface area (Å²) in [4.78, 5) is 10.6. The molecule has 1 unspecified atom stereocenters. The van der Waals surface area contributed by atoms with E-state index in [1.165, 1.54) is 12.2 Å². The molecule has 1 atom stereocenters. The summed E-state index contributed by atoms with van der Waals surface area (Å²) in [7, 11) is 0. The standard InChI is InChI=1S/C7H4Cl4O2/c8-4-3(6(12)13)1-2-7(10,11)5(4)9/h1-2,5H,(H,12,13). The first-order valence-electron chi connectivity index (χ1n) is 3.20. The highest BCUT2D eigenvalue weighted by atomic mass is 35.5. The average Bonchev–Trinajstić information content (AvgIpc) is 2.00. The second-order valence-electron chi connectivity index (χ2n) is 2.44. The lowest BCUT2D eigenvalue weighted by Gasteiger charge is -2.25. The zero-order valence-corrected chi connectivity index (χ0v) is 9.12. The van der Waals surface area contributed by atoms with Crippen molar-refractivity contribution in [2.24, 2.45) is 0 Å². The summed E-state index contributed by atoms with van der Waals surface area (Å²) < 4.78 is -1.35. The summed E-state index contributed by atoms with van der Waals surface area (Å²) in [6.07, 6.45) is 2.53. The minimum Gasteiger partial charge on any atom is -0.478 e. The maximum atomic E-state index is 10.6. The molecule has 2 nitrogen and oxygen atoms in total. The first kappa shape index (κ1) is 11.2. The van der Waals surface area contributed by atoms with Gasteiger partial charge < -0.3 is 5.11 Å². The van der Waals surface area contributed by atoms with Gasteiger partial charge in [-0.25, -0.2) is 4.79 Å². The Kier molecular flexibility index (Phi) is 3.18. The van der Waals surface area contributed by atoms with Gasteiger partial charge in [0.15, 0.2) is 4.33 Å². The highest BCUT2D eigenvalue weighted by molar-refractivity contribution is 6.56. The molecule has 0 amide bonds. The monoisotopic (exact) mass is 260 g/mol. The van der Waals surface area contributed by atoms with Crippen LogP contribution in [0.1, 0.15) is 0 Å². The van der Waals surface area contributed by atoms with Gasteiger partial charge in [-0.3, -0.25) is 0 Å². The van der Waals surface area contributed by atoms with Crippen LogP contribution >= 0.6 is 46.4 Å². The van der Waals surface area contributed by atoms with E-state index in [1.807, 2.05) is 0 Å². The maximum absolute atomic E-state index is 10.6. The van der Waals surface area contributed by atoms with Crippen molar-refractivity contribution in [3.05, 3.63) is 22.8 Å². The van der Waals surface area contributed by atoms with Crippen molar-refractivity contribution in [3.63, 3.8) is 0 Å². The first-order chi connectivity index (χ1) is 5.86. The molecule has 0 saturated heterocycles. The summed E-state index contributed by atoms with van der Waals surface area (Å²) in [5.74, 6) is -1.16. The smallest absolute Gasteiger partial charge is 0.336 e. The van der Waals surface area contributed by atoms with Gasteiger partial charge in [0.25, 0.3) is 0 Å². The second-order valence-corrected chi connectivity index (χ2v) is 4.73. The zero-order valence-electron chi connectivity index (χ0n) is 6.10. The molecule has 0 aromatic rings. The summed E-state index contributed by atoms with van der Waals surface area (Å²) in [5.41, 5.74) is -0.0846. The highest BCUT2D eigenvalue weighted by Gasteiger charge is 2.38. The van der Waals surface area contributed by atoms with E-state index in [4.69, 9.17) is 51.5 Å². The van der Waals surface area contributed by atoms with Crippen LogP contribution in [0.3, 0.4) is 0 Å². The van der Waals surface area contributed by atoms with Crippen molar-refractivity contribution >= 4 is 52.4 Å². The van der Waals surface area contributed by atoms with Crippen LogP contribution in [0.4, 0.5) is 0 Å². The van der Waals surface area contributed by atoms with Crippen molar-refractivity contribution in [1.82, 2.24) is 0 Å². The first-order valence-corrected chi connectivity index (χ1v) is 4.77. The van der Waals surface area contributed by atoms with Gasteiger partial charge in [-0.1, -0.05) is 34.8 Å². The molecule has 6 heteroatoms. The predicted molar refractivity (Wildman–Crippen MR) is 53.7 cm³/mol. The van der Waals surface area contributed by atoms with Crippen LogP contribution in [-0.2, 0) is 4.79 Å². The predicted octanol–water partition coefficient (Wildman–Crippen LogP) is 2.92. The van der Waals surface area contributed by atoms with E-state index in [0.29, 0.717) is 0 Å². The number of allylic oxidation sites excluding steroid dienone is 2. The van der Waals surface area contributed by atoms with Gasteiger partial charge in [0.1, 0.15) is 5.38 Å². The Morgan fingerprint density at radius 3 is 2.54 bits per heavy atom. The van der Waals surface area contributed by atoms with Crippen molar-refractivity contribution < 1.29 is 9.90 Å². The molecule has 1 aliphatic carbocycles. The molecule has 0 fully saturated rings. The molecule has 1 rings (SSSR count). The average molecular weight is 262 g/mol. The molecule has 1 N–H and O–H groups in total. The fraction of sp³-hybridized carbons (Fsp3) is 0.286. The van der Waals surface area contributed by atoms with Crippen LogP contribution in [0.25, 0.3) is 0 Å². The van der Waals surface area contributed by atoms with E-state index in [9.17, 15) is 4.79 Å². The van der Waals surface area contributed by atoms with Crippen molar-refractivity contribution in [1.29, 1.82) is 0 Å². The Balaban J connectivity index is 3.11. The molecule has 0 heterocycles. The largest absolute Gasteiger partial charge is 0.478 e. The lowest BCUT2D eigenvalue weighted by molar-refractivity contribution is -0.132. The number of carboxylic acid groups (broad SMARTS) is 1. The minimum atomic E-state index is -1.35. The lowest BCUT2D eigenvalue weighted by atomic mass is 10.1. The topological polar surface area (TPSA) is 37.3 Å². The third kappa shape index (κ3) is 2.13. The maximum Gasteiger partial charge on any atom is 0.336 e. The van der Waals surface area contributed by atoms with Crippen LogP contribution < -0.4 is 0 Å². The Labute approximate surface area is 94.7 Å². The fourth-order valence-corrected chi connectivity index (χ4v) is 1.80. The summed E-state index contributed by atoms with van der Waals surface area (Å²) in [6.45, 7) is 0. The van der Waals surface area contributed by atoms with Gasteiger partial charge >= 0.3 is 5.97 Å². The number of carbonyl (C=O) groups is 1. The Hall–Kier alpha value is 0.110. The number of alkyl halides is 3. The molecule has 72 valence electrons. The summed E-state index contributed by atoms with van der Waals surface area (Å²) >= 11 is 22.8. The number of halogens is 4. The van der Waals surface area contributed by atoms with Crippen LogP contribution in [-0.4, -0.2) is 20.8 Å². The molecule has 0 radical (unpaired) electrons. The molecule has 0 aromatic heterocycles. The molecule has 0 saturated carbocycles. The molecule has 1 aliphatic rings. The van der Waals surface area contributed by atoms with Gasteiger partial charge in [-0.2, -0.15) is 0 Å². The number of carboxylic acids is 1. The van der Waals surface area contributed by atoms with Crippen LogP contribution in [0, 0.1) is 0 Å². The Bertz CT molecular complexity index is 306. The third-order valence-electron chi connectivity index (χ3n) is 1.52. The number of rotatable bonds is 1.